The van der Waals surface area contributed by atoms with E-state index in [1.54, 1.807) is 6.20 Å². The molecule has 0 radical (unpaired) electrons. The summed E-state index contributed by atoms with van der Waals surface area (Å²) < 4.78 is 12.8. The van der Waals surface area contributed by atoms with Crippen molar-refractivity contribution in [2.45, 2.75) is 19.3 Å². The van der Waals surface area contributed by atoms with Crippen molar-refractivity contribution in [3.63, 3.8) is 0 Å². The molecule has 3 aromatic heterocycles. The number of hydrogen-bond acceptors (Lipinski definition) is 5. The summed E-state index contributed by atoms with van der Waals surface area (Å²) in [6, 6.07) is 38.9. The van der Waals surface area contributed by atoms with Gasteiger partial charge in [0.25, 0.3) is 0 Å². The summed E-state index contributed by atoms with van der Waals surface area (Å²) in [6.45, 7) is 4.54. The van der Waals surface area contributed by atoms with E-state index in [-0.39, 0.29) is 5.41 Å². The Kier molecular flexibility index (Phi) is 5.41. The van der Waals surface area contributed by atoms with Crippen LogP contribution in [0.5, 0.6) is 11.5 Å². The number of furan rings is 1. The van der Waals surface area contributed by atoms with Crippen molar-refractivity contribution < 1.29 is 9.15 Å². The highest BCUT2D eigenvalue weighted by Crippen LogP contribution is 2.55. The van der Waals surface area contributed by atoms with E-state index in [1.165, 1.54) is 11.1 Å². The number of rotatable bonds is 4. The molecule has 4 aromatic carbocycles. The van der Waals surface area contributed by atoms with Gasteiger partial charge in [-0.25, -0.2) is 4.98 Å². The summed E-state index contributed by atoms with van der Waals surface area (Å²) in [5.74, 6) is 2.39. The maximum atomic E-state index is 6.44. The number of aromatic nitrogens is 2. The fourth-order valence-electron chi connectivity index (χ4n) is 6.18. The molecule has 0 saturated carbocycles. The van der Waals surface area contributed by atoms with Crippen LogP contribution in [-0.4, -0.2) is 9.97 Å². The van der Waals surface area contributed by atoms with Crippen molar-refractivity contribution in [3.05, 3.63) is 139 Å². The Bertz CT molecular complexity index is 2110. The van der Waals surface area contributed by atoms with Gasteiger partial charge in [0.1, 0.15) is 28.5 Å². The van der Waals surface area contributed by atoms with Crippen molar-refractivity contribution >= 4 is 39.1 Å². The molecule has 0 amide bonds. The Balaban J connectivity index is 1.30. The molecule has 0 fully saturated rings. The van der Waals surface area contributed by atoms with Gasteiger partial charge >= 0.3 is 0 Å². The smallest absolute Gasteiger partial charge is 0.141 e. The van der Waals surface area contributed by atoms with E-state index < -0.39 is 0 Å². The number of benzene rings is 4. The minimum absolute atomic E-state index is 0.262. The highest BCUT2D eigenvalue weighted by molar-refractivity contribution is 6.15. The third-order valence-electron chi connectivity index (χ3n) is 8.19. The lowest BCUT2D eigenvalue weighted by molar-refractivity contribution is 0.483. The van der Waals surface area contributed by atoms with Gasteiger partial charge in [0.2, 0.25) is 0 Å². The minimum Gasteiger partial charge on any atom is -0.457 e. The monoisotopic (exact) mass is 545 g/mol. The zero-order valence-electron chi connectivity index (χ0n) is 23.3. The van der Waals surface area contributed by atoms with E-state index >= 15 is 0 Å². The number of fused-ring (bicyclic) bond motifs is 6. The van der Waals surface area contributed by atoms with E-state index in [0.29, 0.717) is 0 Å². The van der Waals surface area contributed by atoms with Crippen LogP contribution in [0.4, 0.5) is 17.2 Å². The van der Waals surface area contributed by atoms with Crippen LogP contribution in [-0.2, 0) is 5.41 Å². The predicted molar refractivity (Wildman–Crippen MR) is 168 cm³/mol. The fraction of sp³-hybridized carbons (Fsp3) is 0.0811. The molecule has 0 aliphatic carbocycles. The summed E-state index contributed by atoms with van der Waals surface area (Å²) >= 11 is 0. The lowest BCUT2D eigenvalue weighted by atomic mass is 9.74. The third-order valence-corrected chi connectivity index (χ3v) is 8.19. The number of ether oxygens (including phenoxy) is 1. The molecular formula is C37H27N3O2. The normalized spacial score (nSPS) is 13.6. The average molecular weight is 546 g/mol. The van der Waals surface area contributed by atoms with E-state index in [2.05, 4.69) is 66.2 Å². The van der Waals surface area contributed by atoms with Crippen LogP contribution >= 0.6 is 0 Å². The molecular weight excluding hydrogens is 518 g/mol. The van der Waals surface area contributed by atoms with Gasteiger partial charge in [0.05, 0.1) is 22.5 Å². The molecule has 0 spiro atoms. The number of para-hydroxylation sites is 1. The highest BCUT2D eigenvalue weighted by Gasteiger charge is 2.39. The summed E-state index contributed by atoms with van der Waals surface area (Å²) in [5.41, 5.74) is 7.81. The third kappa shape index (κ3) is 3.78. The zero-order valence-corrected chi connectivity index (χ0v) is 23.3. The summed E-state index contributed by atoms with van der Waals surface area (Å²) in [7, 11) is 0. The molecule has 42 heavy (non-hydrogen) atoms. The van der Waals surface area contributed by atoms with Crippen LogP contribution in [0.2, 0.25) is 0 Å². The van der Waals surface area contributed by atoms with Gasteiger partial charge in [-0.3, -0.25) is 9.88 Å². The standard InChI is InChI=1S/C37H27N3O2/c1-37(2)29-18-19-33-34(28-14-3-4-17-32(28)42-33)35(29)40(36-30(37)15-9-21-39-36)25-11-8-13-27(23-25)41-26-12-7-10-24(22-26)31-16-5-6-20-38-31/h3-23H,1-2H3. The Labute approximate surface area is 243 Å². The summed E-state index contributed by atoms with van der Waals surface area (Å²) in [4.78, 5) is 11.7. The molecule has 202 valence electrons. The second-order valence-electron chi connectivity index (χ2n) is 11.1. The van der Waals surface area contributed by atoms with E-state index in [9.17, 15) is 0 Å². The first-order valence-electron chi connectivity index (χ1n) is 14.1. The van der Waals surface area contributed by atoms with Gasteiger partial charge in [-0.1, -0.05) is 68.4 Å². The average Bonchev–Trinajstić information content (AvgIpc) is 3.41. The Morgan fingerprint density at radius 1 is 0.667 bits per heavy atom. The fourth-order valence-corrected chi connectivity index (χ4v) is 6.18. The molecule has 0 unspecified atom stereocenters. The molecule has 1 aliphatic heterocycles. The van der Waals surface area contributed by atoms with Crippen LogP contribution in [0, 0.1) is 0 Å². The first-order chi connectivity index (χ1) is 20.6. The van der Waals surface area contributed by atoms with Crippen LogP contribution in [0.3, 0.4) is 0 Å². The number of pyridine rings is 2. The van der Waals surface area contributed by atoms with Crippen LogP contribution in [0.1, 0.15) is 25.0 Å². The lowest BCUT2D eigenvalue weighted by Gasteiger charge is -2.41. The van der Waals surface area contributed by atoms with Crippen molar-refractivity contribution in [1.29, 1.82) is 0 Å². The Morgan fingerprint density at radius 3 is 2.36 bits per heavy atom. The molecule has 0 saturated heterocycles. The molecule has 8 rings (SSSR count). The second kappa shape index (κ2) is 9.32. The molecule has 7 aromatic rings. The van der Waals surface area contributed by atoms with Crippen LogP contribution < -0.4 is 9.64 Å². The second-order valence-corrected chi connectivity index (χ2v) is 11.1. The summed E-state index contributed by atoms with van der Waals surface area (Å²) in [6.07, 6.45) is 3.67. The molecule has 1 aliphatic rings. The van der Waals surface area contributed by atoms with Gasteiger partial charge in [0, 0.05) is 40.4 Å². The Hall–Kier alpha value is -5.42. The van der Waals surface area contributed by atoms with Crippen molar-refractivity contribution in [1.82, 2.24) is 9.97 Å². The summed E-state index contributed by atoms with van der Waals surface area (Å²) in [5, 5.41) is 2.17. The predicted octanol–water partition coefficient (Wildman–Crippen LogP) is 9.94. The largest absolute Gasteiger partial charge is 0.457 e. The maximum Gasteiger partial charge on any atom is 0.141 e. The van der Waals surface area contributed by atoms with E-state index in [1.807, 2.05) is 79.0 Å². The molecule has 5 nitrogen and oxygen atoms in total. The van der Waals surface area contributed by atoms with Crippen molar-refractivity contribution in [2.75, 3.05) is 4.90 Å². The lowest BCUT2D eigenvalue weighted by Crippen LogP contribution is -2.31. The first kappa shape index (κ1) is 24.4. The maximum absolute atomic E-state index is 6.44. The molecule has 4 heterocycles. The van der Waals surface area contributed by atoms with Gasteiger partial charge in [-0.05, 0) is 60.2 Å². The van der Waals surface area contributed by atoms with E-state index in [0.717, 1.165) is 61.9 Å². The highest BCUT2D eigenvalue weighted by atomic mass is 16.5. The molecule has 0 bridgehead atoms. The number of anilines is 3. The molecule has 5 heteroatoms. The SMILES string of the molecule is CC1(C)c2cccnc2N(c2cccc(Oc3cccc(-c4ccccn4)c3)c2)c2c1ccc1oc3ccccc3c21. The van der Waals surface area contributed by atoms with Crippen molar-refractivity contribution in [2.24, 2.45) is 0 Å². The quantitative estimate of drug-likeness (QED) is 0.220. The van der Waals surface area contributed by atoms with Crippen molar-refractivity contribution in [3.8, 4) is 22.8 Å². The number of nitrogens with zero attached hydrogens (tertiary/aromatic N) is 3. The first-order valence-corrected chi connectivity index (χ1v) is 14.1. The van der Waals surface area contributed by atoms with Crippen LogP contribution in [0.15, 0.2) is 132 Å². The van der Waals surface area contributed by atoms with E-state index in [4.69, 9.17) is 14.1 Å². The number of hydrogen-bond donors (Lipinski definition) is 0. The molecule has 0 N–H and O–H groups in total. The zero-order chi connectivity index (χ0) is 28.3. The topological polar surface area (TPSA) is 51.4 Å². The van der Waals surface area contributed by atoms with Gasteiger partial charge in [0.15, 0.2) is 0 Å². The van der Waals surface area contributed by atoms with Gasteiger partial charge in [-0.15, -0.1) is 0 Å². The van der Waals surface area contributed by atoms with Gasteiger partial charge in [-0.2, -0.15) is 0 Å². The molecule has 0 atom stereocenters. The Morgan fingerprint density at radius 2 is 1.48 bits per heavy atom. The van der Waals surface area contributed by atoms with Crippen LogP contribution in [0.25, 0.3) is 33.2 Å². The minimum atomic E-state index is -0.262. The van der Waals surface area contributed by atoms with Gasteiger partial charge < -0.3 is 9.15 Å².